The Hall–Kier alpha value is -1.31. The third-order valence-corrected chi connectivity index (χ3v) is 5.24. The van der Waals surface area contributed by atoms with Crippen molar-refractivity contribution in [1.29, 1.82) is 0 Å². The summed E-state index contributed by atoms with van der Waals surface area (Å²) in [4.78, 5) is 0.177. The first-order valence-electron chi connectivity index (χ1n) is 7.10. The minimum absolute atomic E-state index is 0.0583. The van der Waals surface area contributed by atoms with Crippen molar-refractivity contribution in [1.82, 2.24) is 4.72 Å². The van der Waals surface area contributed by atoms with E-state index >= 15 is 0 Å². The number of sulfonamides is 1. The van der Waals surface area contributed by atoms with Gasteiger partial charge in [-0.05, 0) is 31.9 Å². The topological polar surface area (TPSA) is 73.9 Å². The largest absolute Gasteiger partial charge is 0.486 e. The van der Waals surface area contributed by atoms with Gasteiger partial charge in [0.25, 0.3) is 0 Å². The van der Waals surface area contributed by atoms with E-state index in [1.165, 1.54) is 12.1 Å². The van der Waals surface area contributed by atoms with Gasteiger partial charge in [0.15, 0.2) is 11.5 Å². The first kappa shape index (κ1) is 14.6. The van der Waals surface area contributed by atoms with Crippen molar-refractivity contribution >= 4 is 10.0 Å². The van der Waals surface area contributed by atoms with E-state index in [4.69, 9.17) is 14.2 Å². The molecule has 1 N–H and O–H groups in total. The van der Waals surface area contributed by atoms with Crippen molar-refractivity contribution in [3.8, 4) is 11.5 Å². The monoisotopic (exact) mass is 313 g/mol. The van der Waals surface area contributed by atoms with Crippen LogP contribution in [0, 0.1) is 0 Å². The van der Waals surface area contributed by atoms with Gasteiger partial charge >= 0.3 is 0 Å². The molecule has 0 amide bonds. The van der Waals surface area contributed by atoms with E-state index in [0.29, 0.717) is 31.3 Å². The van der Waals surface area contributed by atoms with Crippen LogP contribution in [0.1, 0.15) is 19.8 Å². The molecule has 2 aliphatic rings. The number of benzene rings is 1. The molecule has 0 spiro atoms. The van der Waals surface area contributed by atoms with Gasteiger partial charge in [0.2, 0.25) is 10.0 Å². The molecule has 0 aliphatic carbocycles. The van der Waals surface area contributed by atoms with Crippen molar-refractivity contribution in [3.63, 3.8) is 0 Å². The molecule has 0 aromatic heterocycles. The number of nitrogens with one attached hydrogen (secondary N) is 1. The Kier molecular flexibility index (Phi) is 4.05. The van der Waals surface area contributed by atoms with E-state index in [9.17, 15) is 8.42 Å². The van der Waals surface area contributed by atoms with Gasteiger partial charge in [-0.25, -0.2) is 13.1 Å². The molecule has 1 aromatic carbocycles. The summed E-state index contributed by atoms with van der Waals surface area (Å²) in [5, 5.41) is 0. The standard InChI is InChI=1S/C14H19NO5S/c1-10(12-3-2-6-18-12)15-21(16,17)11-4-5-13-14(9-11)20-8-7-19-13/h4-5,9-10,12,15H,2-3,6-8H2,1H3/t10-,12-/m0/s1. The predicted octanol–water partition coefficient (Wildman–Crippen LogP) is 1.30. The van der Waals surface area contributed by atoms with E-state index < -0.39 is 10.0 Å². The lowest BCUT2D eigenvalue weighted by Crippen LogP contribution is -2.40. The van der Waals surface area contributed by atoms with Gasteiger partial charge in [0.1, 0.15) is 13.2 Å². The summed E-state index contributed by atoms with van der Waals surface area (Å²) in [5.74, 6) is 1.04. The normalized spacial score (nSPS) is 23.0. The minimum atomic E-state index is -3.60. The average Bonchev–Trinajstić information content (AvgIpc) is 3.00. The molecular weight excluding hydrogens is 294 g/mol. The zero-order chi connectivity index (χ0) is 14.9. The molecular formula is C14H19NO5S. The molecule has 2 aliphatic heterocycles. The van der Waals surface area contributed by atoms with Crippen LogP contribution < -0.4 is 14.2 Å². The van der Waals surface area contributed by atoms with Crippen molar-refractivity contribution in [2.75, 3.05) is 19.8 Å². The highest BCUT2D eigenvalue weighted by Crippen LogP contribution is 2.32. The molecule has 1 fully saturated rings. The van der Waals surface area contributed by atoms with Crippen LogP contribution in [0.2, 0.25) is 0 Å². The van der Waals surface area contributed by atoms with Gasteiger partial charge in [-0.3, -0.25) is 0 Å². The van der Waals surface area contributed by atoms with Gasteiger partial charge in [0, 0.05) is 18.7 Å². The average molecular weight is 313 g/mol. The van der Waals surface area contributed by atoms with E-state index in [2.05, 4.69) is 4.72 Å². The molecule has 7 heteroatoms. The zero-order valence-electron chi connectivity index (χ0n) is 11.9. The summed E-state index contributed by atoms with van der Waals surface area (Å²) >= 11 is 0. The summed E-state index contributed by atoms with van der Waals surface area (Å²) < 4.78 is 43.8. The Labute approximate surface area is 124 Å². The summed E-state index contributed by atoms with van der Waals surface area (Å²) in [5.41, 5.74) is 0. The molecule has 116 valence electrons. The Bertz CT molecular complexity index is 610. The molecule has 2 heterocycles. The highest BCUT2D eigenvalue weighted by molar-refractivity contribution is 7.89. The first-order valence-corrected chi connectivity index (χ1v) is 8.58. The van der Waals surface area contributed by atoms with Crippen molar-refractivity contribution in [3.05, 3.63) is 18.2 Å². The van der Waals surface area contributed by atoms with E-state index in [1.807, 2.05) is 6.92 Å². The maximum absolute atomic E-state index is 12.4. The second-order valence-corrected chi connectivity index (χ2v) is 6.98. The van der Waals surface area contributed by atoms with Crippen molar-refractivity contribution < 1.29 is 22.6 Å². The smallest absolute Gasteiger partial charge is 0.241 e. The molecule has 6 nitrogen and oxygen atoms in total. The fourth-order valence-electron chi connectivity index (χ4n) is 2.58. The minimum Gasteiger partial charge on any atom is -0.486 e. The number of hydrogen-bond donors (Lipinski definition) is 1. The Balaban J connectivity index is 1.77. The molecule has 1 saturated heterocycles. The summed E-state index contributed by atoms with van der Waals surface area (Å²) in [6, 6.07) is 4.39. The lowest BCUT2D eigenvalue weighted by atomic mass is 10.1. The number of ether oxygens (including phenoxy) is 3. The summed E-state index contributed by atoms with van der Waals surface area (Å²) in [6.07, 6.45) is 1.79. The van der Waals surface area contributed by atoms with Crippen molar-refractivity contribution in [2.45, 2.75) is 36.8 Å². The van der Waals surface area contributed by atoms with Crippen LogP contribution in [-0.2, 0) is 14.8 Å². The van der Waals surface area contributed by atoms with Gasteiger partial charge in [0.05, 0.1) is 11.0 Å². The van der Waals surface area contributed by atoms with Crippen LogP contribution in [-0.4, -0.2) is 40.4 Å². The molecule has 0 radical (unpaired) electrons. The Morgan fingerprint density at radius 1 is 1.19 bits per heavy atom. The van der Waals surface area contributed by atoms with Crippen LogP contribution in [0.3, 0.4) is 0 Å². The van der Waals surface area contributed by atoms with Crippen LogP contribution in [0.4, 0.5) is 0 Å². The Morgan fingerprint density at radius 2 is 1.95 bits per heavy atom. The maximum atomic E-state index is 12.4. The summed E-state index contributed by atoms with van der Waals surface area (Å²) in [7, 11) is -3.60. The number of rotatable bonds is 4. The number of fused-ring (bicyclic) bond motifs is 1. The third-order valence-electron chi connectivity index (χ3n) is 3.69. The second-order valence-electron chi connectivity index (χ2n) is 5.27. The fourth-order valence-corrected chi connectivity index (χ4v) is 3.86. The lowest BCUT2D eigenvalue weighted by Gasteiger charge is -2.21. The molecule has 2 atom stereocenters. The van der Waals surface area contributed by atoms with E-state index in [1.54, 1.807) is 6.07 Å². The number of hydrogen-bond acceptors (Lipinski definition) is 5. The summed E-state index contributed by atoms with van der Waals surface area (Å²) in [6.45, 7) is 3.43. The quantitative estimate of drug-likeness (QED) is 0.907. The fraction of sp³-hybridized carbons (Fsp3) is 0.571. The van der Waals surface area contributed by atoms with Crippen LogP contribution in [0.5, 0.6) is 11.5 Å². The molecule has 1 aromatic rings. The molecule has 0 unspecified atom stereocenters. The predicted molar refractivity (Wildman–Crippen MR) is 76.2 cm³/mol. The van der Waals surface area contributed by atoms with E-state index in [0.717, 1.165) is 12.8 Å². The van der Waals surface area contributed by atoms with Crippen molar-refractivity contribution in [2.24, 2.45) is 0 Å². The zero-order valence-corrected chi connectivity index (χ0v) is 12.7. The van der Waals surface area contributed by atoms with Gasteiger partial charge < -0.3 is 14.2 Å². The van der Waals surface area contributed by atoms with Crippen LogP contribution in [0.25, 0.3) is 0 Å². The second kappa shape index (κ2) is 5.82. The molecule has 0 bridgehead atoms. The van der Waals surface area contributed by atoms with Gasteiger partial charge in [-0.1, -0.05) is 0 Å². The highest BCUT2D eigenvalue weighted by atomic mass is 32.2. The third kappa shape index (κ3) is 3.14. The molecule has 21 heavy (non-hydrogen) atoms. The van der Waals surface area contributed by atoms with Crippen LogP contribution >= 0.6 is 0 Å². The van der Waals surface area contributed by atoms with Gasteiger partial charge in [-0.2, -0.15) is 0 Å². The maximum Gasteiger partial charge on any atom is 0.241 e. The lowest BCUT2D eigenvalue weighted by molar-refractivity contribution is 0.0902. The Morgan fingerprint density at radius 3 is 2.67 bits per heavy atom. The van der Waals surface area contributed by atoms with Crippen LogP contribution in [0.15, 0.2) is 23.1 Å². The SMILES string of the molecule is C[C@H](NS(=O)(=O)c1ccc2c(c1)OCCO2)[C@@H]1CCCO1. The molecule has 3 rings (SSSR count). The highest BCUT2D eigenvalue weighted by Gasteiger charge is 2.27. The molecule has 0 saturated carbocycles. The first-order chi connectivity index (χ1) is 10.1. The van der Waals surface area contributed by atoms with Gasteiger partial charge in [-0.15, -0.1) is 0 Å². The van der Waals surface area contributed by atoms with E-state index in [-0.39, 0.29) is 17.0 Å².